The number of nitrogens with zero attached hydrogens (tertiary/aromatic N) is 4. The lowest BCUT2D eigenvalue weighted by Crippen LogP contribution is -2.37. The predicted octanol–water partition coefficient (Wildman–Crippen LogP) is 2.81. The Morgan fingerprint density at radius 3 is 1.73 bits per heavy atom. The second-order valence-corrected chi connectivity index (χ2v) is 7.43. The predicted molar refractivity (Wildman–Crippen MR) is 130 cm³/mol. The first kappa shape index (κ1) is 26.1. The van der Waals surface area contributed by atoms with Gasteiger partial charge in [0.05, 0.1) is 45.6 Å². The van der Waals surface area contributed by atoms with Gasteiger partial charge in [0.2, 0.25) is 5.91 Å². The van der Waals surface area contributed by atoms with Crippen molar-refractivity contribution in [3.05, 3.63) is 120 Å². The Morgan fingerprint density at radius 2 is 1.30 bits per heavy atom. The summed E-state index contributed by atoms with van der Waals surface area (Å²) in [5, 5.41) is 39.5. The molecule has 0 aliphatic heterocycles. The van der Waals surface area contributed by atoms with E-state index in [4.69, 9.17) is 0 Å². The van der Waals surface area contributed by atoms with Crippen LogP contribution in [-0.4, -0.2) is 39.3 Å². The molecular formula is C23H18N6O8. The van der Waals surface area contributed by atoms with Crippen molar-refractivity contribution in [1.82, 2.24) is 10.7 Å². The van der Waals surface area contributed by atoms with E-state index in [1.807, 2.05) is 5.43 Å². The van der Waals surface area contributed by atoms with Gasteiger partial charge >= 0.3 is 0 Å². The molecule has 2 N–H and O–H groups in total. The van der Waals surface area contributed by atoms with E-state index in [1.165, 1.54) is 0 Å². The van der Waals surface area contributed by atoms with Gasteiger partial charge in [-0.25, -0.2) is 5.43 Å². The maximum absolute atomic E-state index is 12.9. The van der Waals surface area contributed by atoms with Gasteiger partial charge in [-0.1, -0.05) is 60.7 Å². The van der Waals surface area contributed by atoms with E-state index in [0.717, 1.165) is 0 Å². The number of hydrogen-bond acceptors (Lipinski definition) is 9. The molecule has 0 heterocycles. The molecule has 0 atom stereocenters. The number of nitro groups is 3. The third-order valence-electron chi connectivity index (χ3n) is 5.06. The van der Waals surface area contributed by atoms with E-state index in [2.05, 4.69) is 10.4 Å². The van der Waals surface area contributed by atoms with Crippen molar-refractivity contribution >= 4 is 35.1 Å². The average molecular weight is 506 g/mol. The van der Waals surface area contributed by atoms with Gasteiger partial charge in [0.1, 0.15) is 0 Å². The molecule has 0 fully saturated rings. The lowest BCUT2D eigenvalue weighted by atomic mass is 9.90. The van der Waals surface area contributed by atoms with Crippen molar-refractivity contribution in [2.45, 2.75) is 5.92 Å². The molecule has 0 aromatic heterocycles. The largest absolute Gasteiger partial charge is 0.346 e. The van der Waals surface area contributed by atoms with Crippen molar-refractivity contribution in [2.75, 3.05) is 6.54 Å². The molecule has 3 aromatic carbocycles. The van der Waals surface area contributed by atoms with Crippen LogP contribution in [0.1, 0.15) is 22.6 Å². The first-order valence-electron chi connectivity index (χ1n) is 10.5. The van der Waals surface area contributed by atoms with Gasteiger partial charge < -0.3 is 5.32 Å². The Labute approximate surface area is 208 Å². The van der Waals surface area contributed by atoms with Crippen LogP contribution >= 0.6 is 0 Å². The summed E-state index contributed by atoms with van der Waals surface area (Å²) in [4.78, 5) is 55.6. The number of rotatable bonds is 10. The number of nitro benzene ring substituents is 3. The first-order valence-corrected chi connectivity index (χ1v) is 10.5. The Bertz CT molecular complexity index is 1300. The summed E-state index contributed by atoms with van der Waals surface area (Å²) < 4.78 is 0. The molecule has 37 heavy (non-hydrogen) atoms. The zero-order valence-corrected chi connectivity index (χ0v) is 18.8. The highest BCUT2D eigenvalue weighted by Gasteiger charge is 2.29. The Kier molecular flexibility index (Phi) is 8.28. The molecule has 3 rings (SSSR count). The molecule has 14 heteroatoms. The van der Waals surface area contributed by atoms with Crippen LogP contribution in [0, 0.1) is 30.3 Å². The fraction of sp³-hybridized carbons (Fsp3) is 0.0870. The van der Waals surface area contributed by atoms with Crippen molar-refractivity contribution in [3.63, 3.8) is 0 Å². The van der Waals surface area contributed by atoms with Crippen LogP contribution in [0.2, 0.25) is 0 Å². The first-order chi connectivity index (χ1) is 17.7. The van der Waals surface area contributed by atoms with Crippen molar-refractivity contribution in [1.29, 1.82) is 0 Å². The summed E-state index contributed by atoms with van der Waals surface area (Å²) in [7, 11) is 0. The minimum absolute atomic E-state index is 0.474. The highest BCUT2D eigenvalue weighted by Crippen LogP contribution is 2.32. The topological polar surface area (TPSA) is 200 Å². The number of carbonyl (C=O) groups is 2. The highest BCUT2D eigenvalue weighted by molar-refractivity contribution is 5.93. The number of amides is 2. The van der Waals surface area contributed by atoms with Gasteiger partial charge in [0, 0.05) is 0 Å². The highest BCUT2D eigenvalue weighted by atomic mass is 16.6. The van der Waals surface area contributed by atoms with Crippen LogP contribution in [0.5, 0.6) is 0 Å². The summed E-state index contributed by atoms with van der Waals surface area (Å²) in [6.07, 6.45) is 0.635. The van der Waals surface area contributed by atoms with Crippen molar-refractivity contribution < 1.29 is 24.4 Å². The van der Waals surface area contributed by atoms with E-state index < -0.39 is 61.7 Å². The molecule has 0 radical (unpaired) electrons. The molecule has 14 nitrogen and oxygen atoms in total. The van der Waals surface area contributed by atoms with E-state index >= 15 is 0 Å². The standard InChI is InChI=1S/C23H18N6O8/c30-21(14-24-23(31)22(15-7-3-1-4-8-15)16-9-5-2-6-10-16)26-25-13-18-19(28(34)35)11-17(27(32)33)12-20(18)29(36)37/h1-13,22H,14H2,(H,24,31)(H,26,30)/b25-13+. The number of non-ortho nitro benzene ring substituents is 1. The third kappa shape index (κ3) is 6.54. The lowest BCUT2D eigenvalue weighted by Gasteiger charge is -2.17. The van der Waals surface area contributed by atoms with Gasteiger partial charge in [-0.15, -0.1) is 0 Å². The van der Waals surface area contributed by atoms with Crippen LogP contribution in [0.15, 0.2) is 77.9 Å². The summed E-state index contributed by atoms with van der Waals surface area (Å²) >= 11 is 0. The molecule has 0 bridgehead atoms. The van der Waals surface area contributed by atoms with Crippen LogP contribution in [0.25, 0.3) is 0 Å². The molecule has 0 spiro atoms. The molecule has 0 saturated heterocycles. The lowest BCUT2D eigenvalue weighted by molar-refractivity contribution is -0.403. The SMILES string of the molecule is O=C(CNC(=O)C(c1ccccc1)c1ccccc1)N/N=C/c1c([N+](=O)[O-])cc([N+](=O)[O-])cc1[N+](=O)[O-]. The fourth-order valence-electron chi connectivity index (χ4n) is 3.41. The Balaban J connectivity index is 1.73. The zero-order chi connectivity index (χ0) is 26.9. The van der Waals surface area contributed by atoms with Gasteiger partial charge in [-0.2, -0.15) is 5.10 Å². The molecule has 0 unspecified atom stereocenters. The van der Waals surface area contributed by atoms with Gasteiger partial charge in [0.15, 0.2) is 5.56 Å². The maximum atomic E-state index is 12.9. The fourth-order valence-corrected chi connectivity index (χ4v) is 3.41. The molecule has 3 aromatic rings. The quantitative estimate of drug-likeness (QED) is 0.237. The molecule has 0 aliphatic rings. The number of hydrogen-bond donors (Lipinski definition) is 2. The van der Waals surface area contributed by atoms with Crippen molar-refractivity contribution in [2.24, 2.45) is 5.10 Å². The summed E-state index contributed by atoms with van der Waals surface area (Å²) in [6, 6.07) is 18.9. The van der Waals surface area contributed by atoms with E-state index in [-0.39, 0.29) is 0 Å². The van der Waals surface area contributed by atoms with Gasteiger partial charge in [-0.05, 0) is 11.1 Å². The van der Waals surface area contributed by atoms with E-state index in [9.17, 15) is 39.9 Å². The van der Waals surface area contributed by atoms with Crippen molar-refractivity contribution in [3.8, 4) is 0 Å². The molecule has 188 valence electrons. The summed E-state index contributed by atoms with van der Waals surface area (Å²) in [5.41, 5.74) is 0.00970. The number of nitrogens with one attached hydrogen (secondary N) is 2. The molecule has 2 amide bonds. The Morgan fingerprint density at radius 1 is 0.811 bits per heavy atom. The number of carbonyl (C=O) groups excluding carboxylic acids is 2. The molecular weight excluding hydrogens is 488 g/mol. The summed E-state index contributed by atoms with van der Waals surface area (Å²) in [5.74, 6) is -2.00. The zero-order valence-electron chi connectivity index (χ0n) is 18.8. The smallest absolute Gasteiger partial charge is 0.292 e. The second-order valence-electron chi connectivity index (χ2n) is 7.43. The van der Waals surface area contributed by atoms with Crippen LogP contribution < -0.4 is 10.7 Å². The van der Waals surface area contributed by atoms with E-state index in [0.29, 0.717) is 29.5 Å². The second kappa shape index (κ2) is 11.7. The minimum atomic E-state index is -1.04. The monoisotopic (exact) mass is 506 g/mol. The molecule has 0 aliphatic carbocycles. The van der Waals surface area contributed by atoms with Crippen LogP contribution in [-0.2, 0) is 9.59 Å². The number of benzene rings is 3. The van der Waals surface area contributed by atoms with E-state index in [1.54, 1.807) is 60.7 Å². The minimum Gasteiger partial charge on any atom is -0.346 e. The normalized spacial score (nSPS) is 10.7. The maximum Gasteiger partial charge on any atom is 0.292 e. The van der Waals surface area contributed by atoms with Gasteiger partial charge in [0.25, 0.3) is 23.0 Å². The molecule has 0 saturated carbocycles. The van der Waals surface area contributed by atoms with Gasteiger partial charge in [-0.3, -0.25) is 39.9 Å². The summed E-state index contributed by atoms with van der Waals surface area (Å²) in [6.45, 7) is -0.517. The average Bonchev–Trinajstić information content (AvgIpc) is 2.88. The van der Waals surface area contributed by atoms with Crippen LogP contribution in [0.3, 0.4) is 0 Å². The third-order valence-corrected chi connectivity index (χ3v) is 5.06. The van der Waals surface area contributed by atoms with Crippen LogP contribution in [0.4, 0.5) is 17.1 Å². The number of hydrazone groups is 1. The Hall–Kier alpha value is -5.53.